The third kappa shape index (κ3) is 5.12. The van der Waals surface area contributed by atoms with Crippen LogP contribution in [-0.4, -0.2) is 19.5 Å². The average molecular weight is 747 g/mol. The fraction of sp³-hybridized carbons (Fsp3) is 0. The zero-order chi connectivity index (χ0) is 37.5. The van der Waals surface area contributed by atoms with E-state index in [1.54, 1.807) is 11.3 Å². The zero-order valence-corrected chi connectivity index (χ0v) is 31.2. The Hall–Kier alpha value is -7.41. The van der Waals surface area contributed by atoms with Gasteiger partial charge in [-0.05, 0) is 77.9 Å². The fourth-order valence-electron chi connectivity index (χ4n) is 8.37. The number of fused-ring (bicyclic) bond motifs is 10. The Labute approximate surface area is 330 Å². The van der Waals surface area contributed by atoms with Crippen molar-refractivity contribution < 1.29 is 4.42 Å². The second kappa shape index (κ2) is 12.6. The van der Waals surface area contributed by atoms with Crippen LogP contribution in [0.3, 0.4) is 0 Å². The van der Waals surface area contributed by atoms with Crippen molar-refractivity contribution in [2.45, 2.75) is 0 Å². The van der Waals surface area contributed by atoms with E-state index in [0.29, 0.717) is 17.5 Å². The summed E-state index contributed by atoms with van der Waals surface area (Å²) in [6.45, 7) is 0. The van der Waals surface area contributed by atoms with E-state index in [-0.39, 0.29) is 0 Å². The largest absolute Gasteiger partial charge is 0.455 e. The monoisotopic (exact) mass is 746 g/mol. The zero-order valence-electron chi connectivity index (χ0n) is 30.4. The molecule has 6 heteroatoms. The van der Waals surface area contributed by atoms with Crippen molar-refractivity contribution in [3.63, 3.8) is 0 Å². The smallest absolute Gasteiger partial charge is 0.164 e. The fourth-order valence-corrected chi connectivity index (χ4v) is 9.51. The molecular formula is C51H30N4OS. The lowest BCUT2D eigenvalue weighted by atomic mass is 10.0. The molecule has 57 heavy (non-hydrogen) atoms. The average Bonchev–Trinajstić information content (AvgIpc) is 3.96. The molecule has 8 aromatic carbocycles. The normalized spacial score (nSPS) is 11.9. The molecule has 0 amide bonds. The molecule has 0 atom stereocenters. The van der Waals surface area contributed by atoms with Gasteiger partial charge in [0.05, 0.1) is 16.4 Å². The van der Waals surface area contributed by atoms with E-state index in [4.69, 9.17) is 19.4 Å². The van der Waals surface area contributed by atoms with Gasteiger partial charge in [0.15, 0.2) is 17.5 Å². The molecule has 0 aliphatic carbocycles. The quantitative estimate of drug-likeness (QED) is 0.176. The third-order valence-electron chi connectivity index (χ3n) is 11.1. The van der Waals surface area contributed by atoms with Crippen LogP contribution in [-0.2, 0) is 0 Å². The summed E-state index contributed by atoms with van der Waals surface area (Å²) < 4.78 is 11.3. The standard InChI is InChI=1S/C51H30N4OS/c1-2-11-31(12-3-1)33-13-10-14-34(29-33)50-52-49(53-51(54-50)35-23-26-39-38-16-6-9-20-45(38)57-46(39)30-35)32-21-24-36(25-22-32)55-42-18-7-4-17-41(42)47-43(55)28-27-40-37-15-5-8-19-44(37)56-48(40)47/h1-30H. The number of para-hydroxylation sites is 2. The summed E-state index contributed by atoms with van der Waals surface area (Å²) in [5, 5.41) is 7.03. The number of benzene rings is 8. The lowest BCUT2D eigenvalue weighted by Crippen LogP contribution is -2.01. The molecule has 0 fully saturated rings. The minimum Gasteiger partial charge on any atom is -0.455 e. The van der Waals surface area contributed by atoms with Crippen molar-refractivity contribution in [2.75, 3.05) is 0 Å². The summed E-state index contributed by atoms with van der Waals surface area (Å²) in [4.78, 5) is 15.4. The predicted octanol–water partition coefficient (Wildman–Crippen LogP) is 13.9. The Kier molecular flexibility index (Phi) is 7.03. The summed E-state index contributed by atoms with van der Waals surface area (Å²) >= 11 is 1.79. The van der Waals surface area contributed by atoms with Crippen LogP contribution in [0.4, 0.5) is 0 Å². The molecule has 0 radical (unpaired) electrons. The van der Waals surface area contributed by atoms with E-state index >= 15 is 0 Å². The molecule has 0 unspecified atom stereocenters. The van der Waals surface area contributed by atoms with Crippen LogP contribution in [0, 0.1) is 0 Å². The van der Waals surface area contributed by atoms with E-state index in [2.05, 4.69) is 168 Å². The Morgan fingerprint density at radius 1 is 0.386 bits per heavy atom. The molecule has 266 valence electrons. The molecule has 4 heterocycles. The number of thiophene rings is 1. The lowest BCUT2D eigenvalue weighted by Gasteiger charge is -2.11. The van der Waals surface area contributed by atoms with Gasteiger partial charge in [0, 0.05) is 58.7 Å². The minimum atomic E-state index is 0.620. The second-order valence-corrected chi connectivity index (χ2v) is 15.5. The van der Waals surface area contributed by atoms with Gasteiger partial charge in [0.25, 0.3) is 0 Å². The van der Waals surface area contributed by atoms with Gasteiger partial charge in [-0.25, -0.2) is 15.0 Å². The Bertz CT molecular complexity index is 3520. The summed E-state index contributed by atoms with van der Waals surface area (Å²) in [6, 6.07) is 63.8. The van der Waals surface area contributed by atoms with Gasteiger partial charge < -0.3 is 8.98 Å². The Morgan fingerprint density at radius 3 is 1.84 bits per heavy atom. The summed E-state index contributed by atoms with van der Waals surface area (Å²) in [5.41, 5.74) is 10.1. The van der Waals surface area contributed by atoms with Crippen molar-refractivity contribution in [3.8, 4) is 51.0 Å². The van der Waals surface area contributed by atoms with Gasteiger partial charge in [-0.1, -0.05) is 115 Å². The number of aromatic nitrogens is 4. The molecule has 5 nitrogen and oxygen atoms in total. The van der Waals surface area contributed by atoms with Crippen LogP contribution in [0.5, 0.6) is 0 Å². The predicted molar refractivity (Wildman–Crippen MR) is 236 cm³/mol. The molecule has 4 aromatic heterocycles. The number of rotatable bonds is 5. The summed E-state index contributed by atoms with van der Waals surface area (Å²) in [7, 11) is 0. The van der Waals surface area contributed by atoms with Crippen LogP contribution in [0.1, 0.15) is 0 Å². The van der Waals surface area contributed by atoms with Gasteiger partial charge in [0.1, 0.15) is 11.2 Å². The summed E-state index contributed by atoms with van der Waals surface area (Å²) in [6.07, 6.45) is 0. The van der Waals surface area contributed by atoms with Gasteiger partial charge in [-0.15, -0.1) is 11.3 Å². The first kappa shape index (κ1) is 31.9. The summed E-state index contributed by atoms with van der Waals surface area (Å²) in [5.74, 6) is 1.89. The number of nitrogens with zero attached hydrogens (tertiary/aromatic N) is 4. The van der Waals surface area contributed by atoms with Crippen LogP contribution >= 0.6 is 11.3 Å². The van der Waals surface area contributed by atoms with Crippen molar-refractivity contribution in [3.05, 3.63) is 182 Å². The molecule has 0 saturated carbocycles. The SMILES string of the molecule is c1ccc(-c2cccc(-c3nc(-c4ccc(-n5c6ccccc6c6c7oc8ccccc8c7ccc65)cc4)nc(-c4ccc5c(c4)sc4ccccc45)n3)c2)cc1. The first-order valence-electron chi connectivity index (χ1n) is 19.0. The van der Waals surface area contributed by atoms with Crippen LogP contribution in [0.15, 0.2) is 186 Å². The number of hydrogen-bond donors (Lipinski definition) is 0. The number of furan rings is 1. The Balaban J connectivity index is 1.01. The molecule has 0 aliphatic rings. The highest BCUT2D eigenvalue weighted by Gasteiger charge is 2.19. The maximum atomic E-state index is 6.53. The van der Waals surface area contributed by atoms with E-state index < -0.39 is 0 Å². The van der Waals surface area contributed by atoms with Gasteiger partial charge in [-0.2, -0.15) is 0 Å². The lowest BCUT2D eigenvalue weighted by molar-refractivity contribution is 0.673. The van der Waals surface area contributed by atoms with Gasteiger partial charge in [-0.3, -0.25) is 0 Å². The Morgan fingerprint density at radius 2 is 1.00 bits per heavy atom. The molecule has 0 bridgehead atoms. The van der Waals surface area contributed by atoms with Crippen molar-refractivity contribution in [1.82, 2.24) is 19.5 Å². The maximum Gasteiger partial charge on any atom is 0.164 e. The molecule has 12 aromatic rings. The minimum absolute atomic E-state index is 0.620. The third-order valence-corrected chi connectivity index (χ3v) is 12.2. The van der Waals surface area contributed by atoms with E-state index in [0.717, 1.165) is 77.2 Å². The highest BCUT2D eigenvalue weighted by molar-refractivity contribution is 7.25. The molecule has 0 N–H and O–H groups in total. The van der Waals surface area contributed by atoms with E-state index in [9.17, 15) is 0 Å². The van der Waals surface area contributed by atoms with Crippen molar-refractivity contribution in [2.24, 2.45) is 0 Å². The van der Waals surface area contributed by atoms with Crippen molar-refractivity contribution in [1.29, 1.82) is 0 Å². The highest BCUT2D eigenvalue weighted by Crippen LogP contribution is 2.41. The van der Waals surface area contributed by atoms with Crippen LogP contribution in [0.2, 0.25) is 0 Å². The molecule has 0 spiro atoms. The molecule has 0 saturated heterocycles. The first-order valence-corrected chi connectivity index (χ1v) is 19.8. The van der Waals surface area contributed by atoms with Crippen LogP contribution < -0.4 is 0 Å². The van der Waals surface area contributed by atoms with Crippen molar-refractivity contribution >= 4 is 75.3 Å². The second-order valence-electron chi connectivity index (χ2n) is 14.4. The van der Waals surface area contributed by atoms with Gasteiger partial charge in [0.2, 0.25) is 0 Å². The molecule has 12 rings (SSSR count). The van der Waals surface area contributed by atoms with Crippen LogP contribution in [0.25, 0.3) is 115 Å². The maximum absolute atomic E-state index is 6.53. The van der Waals surface area contributed by atoms with E-state index in [1.165, 1.54) is 20.2 Å². The van der Waals surface area contributed by atoms with Gasteiger partial charge >= 0.3 is 0 Å². The first-order chi connectivity index (χ1) is 28.2. The molecular weight excluding hydrogens is 717 g/mol. The topological polar surface area (TPSA) is 56.7 Å². The van der Waals surface area contributed by atoms with E-state index in [1.807, 2.05) is 18.2 Å². The molecule has 0 aliphatic heterocycles. The number of hydrogen-bond acceptors (Lipinski definition) is 5. The highest BCUT2D eigenvalue weighted by atomic mass is 32.1.